The first-order valence-corrected chi connectivity index (χ1v) is 13.0. The molecule has 4 aromatic rings. The molecule has 1 unspecified atom stereocenters. The van der Waals surface area contributed by atoms with Crippen molar-refractivity contribution in [2.45, 2.75) is 32.4 Å². The molecule has 210 valence electrons. The van der Waals surface area contributed by atoms with Gasteiger partial charge in [-0.05, 0) is 86.5 Å². The summed E-state index contributed by atoms with van der Waals surface area (Å²) in [5.41, 5.74) is 4.60. The number of benzene rings is 3. The van der Waals surface area contributed by atoms with E-state index in [0.29, 0.717) is 39.2 Å². The van der Waals surface area contributed by atoms with E-state index in [0.717, 1.165) is 11.1 Å². The van der Waals surface area contributed by atoms with E-state index in [9.17, 15) is 18.8 Å². The Morgan fingerprint density at radius 2 is 1.63 bits per heavy atom. The van der Waals surface area contributed by atoms with Gasteiger partial charge in [-0.2, -0.15) is 0 Å². The molecule has 1 aliphatic rings. The van der Waals surface area contributed by atoms with Gasteiger partial charge in [-0.25, -0.2) is 4.39 Å². The Labute approximate surface area is 235 Å². The first kappa shape index (κ1) is 27.6. The van der Waals surface area contributed by atoms with E-state index in [1.165, 1.54) is 19.2 Å². The molecule has 9 nitrogen and oxygen atoms in total. The highest BCUT2D eigenvalue weighted by Crippen LogP contribution is 2.36. The third kappa shape index (κ3) is 5.68. The van der Waals surface area contributed by atoms with Gasteiger partial charge in [-0.15, -0.1) is 0 Å². The van der Waals surface area contributed by atoms with Crippen LogP contribution in [0.15, 0.2) is 83.0 Å². The molecular formula is C31H29FN4O5. The van der Waals surface area contributed by atoms with Crippen molar-refractivity contribution < 1.29 is 28.0 Å². The SMILES string of the molecule is CNC(=O)c1c(-c2ccc(F)cc2)oc2ccc(-c3cccc(C(=O)NC(C)(C)C(=O)NC4=CC(C)ON4)c3)cc12. The average molecular weight is 557 g/mol. The topological polar surface area (TPSA) is 122 Å². The van der Waals surface area contributed by atoms with Crippen molar-refractivity contribution in [1.82, 2.24) is 21.4 Å². The van der Waals surface area contributed by atoms with Crippen molar-refractivity contribution in [1.29, 1.82) is 0 Å². The average Bonchev–Trinajstić information content (AvgIpc) is 3.55. The second-order valence-corrected chi connectivity index (χ2v) is 10.2. The maximum atomic E-state index is 13.5. The largest absolute Gasteiger partial charge is 0.455 e. The minimum Gasteiger partial charge on any atom is -0.455 e. The quantitative estimate of drug-likeness (QED) is 0.263. The van der Waals surface area contributed by atoms with Gasteiger partial charge in [-0.3, -0.25) is 24.7 Å². The van der Waals surface area contributed by atoms with Crippen LogP contribution in [0.25, 0.3) is 33.4 Å². The number of amides is 3. The lowest BCUT2D eigenvalue weighted by Crippen LogP contribution is -2.55. The first-order valence-electron chi connectivity index (χ1n) is 13.0. The highest BCUT2D eigenvalue weighted by atomic mass is 19.1. The lowest BCUT2D eigenvalue weighted by molar-refractivity contribution is -0.125. The molecule has 0 saturated carbocycles. The van der Waals surface area contributed by atoms with Gasteiger partial charge in [0, 0.05) is 23.6 Å². The molecule has 3 aromatic carbocycles. The van der Waals surface area contributed by atoms with Gasteiger partial charge in [0.2, 0.25) is 0 Å². The van der Waals surface area contributed by atoms with Crippen molar-refractivity contribution in [3.8, 4) is 22.5 Å². The summed E-state index contributed by atoms with van der Waals surface area (Å²) in [5, 5.41) is 8.71. The lowest BCUT2D eigenvalue weighted by Gasteiger charge is -2.25. The van der Waals surface area contributed by atoms with Crippen molar-refractivity contribution in [3.63, 3.8) is 0 Å². The molecule has 41 heavy (non-hydrogen) atoms. The number of hydrogen-bond acceptors (Lipinski definition) is 6. The van der Waals surface area contributed by atoms with Crippen molar-refractivity contribution in [2.75, 3.05) is 7.05 Å². The Morgan fingerprint density at radius 1 is 0.927 bits per heavy atom. The first-order chi connectivity index (χ1) is 19.6. The molecule has 0 radical (unpaired) electrons. The van der Waals surface area contributed by atoms with Crippen LogP contribution >= 0.6 is 0 Å². The Kier molecular flexibility index (Phi) is 7.34. The number of halogens is 1. The Bertz CT molecular complexity index is 1690. The molecule has 0 aliphatic carbocycles. The van der Waals surface area contributed by atoms with E-state index in [-0.39, 0.29) is 12.0 Å². The molecule has 0 bridgehead atoms. The predicted molar refractivity (Wildman–Crippen MR) is 152 cm³/mol. The van der Waals surface area contributed by atoms with E-state index in [4.69, 9.17) is 9.25 Å². The predicted octanol–water partition coefficient (Wildman–Crippen LogP) is 4.65. The number of hydroxylamine groups is 1. The molecule has 10 heteroatoms. The van der Waals surface area contributed by atoms with Crippen molar-refractivity contribution in [2.24, 2.45) is 0 Å². The molecule has 1 aromatic heterocycles. The standard InChI is InChI=1S/C31H29FN4O5/c1-17-14-25(36-41-17)34-30(39)31(2,3)35-28(37)21-7-5-6-19(15-21)20-10-13-24-23(16-20)26(29(38)33-4)27(40-24)18-8-11-22(32)12-9-18/h5-17,36H,1-4H3,(H,33,38)(H,34,39)(H,35,37). The monoisotopic (exact) mass is 556 g/mol. The zero-order valence-corrected chi connectivity index (χ0v) is 22.9. The smallest absolute Gasteiger partial charge is 0.255 e. The third-order valence-corrected chi connectivity index (χ3v) is 6.70. The molecule has 0 spiro atoms. The fourth-order valence-electron chi connectivity index (χ4n) is 4.49. The van der Waals surface area contributed by atoms with Gasteiger partial charge in [0.05, 0.1) is 5.56 Å². The van der Waals surface area contributed by atoms with E-state index >= 15 is 0 Å². The summed E-state index contributed by atoms with van der Waals surface area (Å²) in [4.78, 5) is 44.1. The normalized spacial score (nSPS) is 14.8. The Balaban J connectivity index is 1.43. The maximum absolute atomic E-state index is 13.5. The minimum atomic E-state index is -1.23. The number of rotatable bonds is 7. The molecule has 3 amide bonds. The molecular weight excluding hydrogens is 527 g/mol. The van der Waals surface area contributed by atoms with Crippen LogP contribution in [0.5, 0.6) is 0 Å². The van der Waals surface area contributed by atoms with Crippen molar-refractivity contribution >= 4 is 28.7 Å². The molecule has 4 N–H and O–H groups in total. The lowest BCUT2D eigenvalue weighted by atomic mass is 9.98. The van der Waals surface area contributed by atoms with E-state index < -0.39 is 23.2 Å². The zero-order valence-electron chi connectivity index (χ0n) is 22.9. The van der Waals surface area contributed by atoms with Crippen LogP contribution in [0.1, 0.15) is 41.5 Å². The van der Waals surface area contributed by atoms with E-state index in [1.54, 1.807) is 56.3 Å². The van der Waals surface area contributed by atoms with Gasteiger partial charge in [0.15, 0.2) is 0 Å². The van der Waals surface area contributed by atoms with Crippen LogP contribution in [0.2, 0.25) is 0 Å². The molecule has 1 aliphatic heterocycles. The zero-order chi connectivity index (χ0) is 29.3. The highest BCUT2D eigenvalue weighted by Gasteiger charge is 2.31. The van der Waals surface area contributed by atoms with Crippen LogP contribution in [-0.2, 0) is 9.63 Å². The number of nitrogens with one attached hydrogen (secondary N) is 4. The van der Waals surface area contributed by atoms with Gasteiger partial charge in [0.25, 0.3) is 17.7 Å². The van der Waals surface area contributed by atoms with Gasteiger partial charge < -0.3 is 20.4 Å². The van der Waals surface area contributed by atoms with Crippen molar-refractivity contribution in [3.05, 3.63) is 95.6 Å². The fourth-order valence-corrected chi connectivity index (χ4v) is 4.49. The van der Waals surface area contributed by atoms with Gasteiger partial charge >= 0.3 is 0 Å². The summed E-state index contributed by atoms with van der Waals surface area (Å²) in [6.07, 6.45) is 1.53. The van der Waals surface area contributed by atoms with Gasteiger partial charge in [0.1, 0.15) is 34.6 Å². The van der Waals surface area contributed by atoms with E-state index in [1.807, 2.05) is 25.1 Å². The summed E-state index contributed by atoms with van der Waals surface area (Å²) in [7, 11) is 1.53. The number of carbonyl (C=O) groups excluding carboxylic acids is 3. The Morgan fingerprint density at radius 3 is 2.32 bits per heavy atom. The summed E-state index contributed by atoms with van der Waals surface area (Å²) >= 11 is 0. The second-order valence-electron chi connectivity index (χ2n) is 10.2. The van der Waals surface area contributed by atoms with Crippen LogP contribution in [0.3, 0.4) is 0 Å². The molecule has 1 atom stereocenters. The van der Waals surface area contributed by atoms with Crippen LogP contribution in [0, 0.1) is 5.82 Å². The van der Waals surface area contributed by atoms with Crippen LogP contribution in [-0.4, -0.2) is 36.4 Å². The molecule has 2 heterocycles. The fraction of sp³-hybridized carbons (Fsp3) is 0.194. The van der Waals surface area contributed by atoms with Gasteiger partial charge in [-0.1, -0.05) is 18.2 Å². The molecule has 0 saturated heterocycles. The highest BCUT2D eigenvalue weighted by molar-refractivity contribution is 6.12. The maximum Gasteiger partial charge on any atom is 0.255 e. The summed E-state index contributed by atoms with van der Waals surface area (Å²) in [5.74, 6) is -0.844. The third-order valence-electron chi connectivity index (χ3n) is 6.70. The summed E-state index contributed by atoms with van der Waals surface area (Å²) in [6.45, 7) is 5.03. The number of furan rings is 1. The molecule has 5 rings (SSSR count). The number of hydrogen-bond donors (Lipinski definition) is 4. The summed E-state index contributed by atoms with van der Waals surface area (Å²) < 4.78 is 19.5. The van der Waals surface area contributed by atoms with E-state index in [2.05, 4.69) is 21.4 Å². The molecule has 0 fully saturated rings. The number of carbonyl (C=O) groups is 3. The van der Waals surface area contributed by atoms with Crippen LogP contribution in [0.4, 0.5) is 4.39 Å². The summed E-state index contributed by atoms with van der Waals surface area (Å²) in [6, 6.07) is 18.1. The number of fused-ring (bicyclic) bond motifs is 1. The Hall–Kier alpha value is -4.96. The van der Waals surface area contributed by atoms with Crippen LogP contribution < -0.4 is 21.4 Å². The second kappa shape index (κ2) is 10.9. The minimum absolute atomic E-state index is 0.186.